The predicted octanol–water partition coefficient (Wildman–Crippen LogP) is 2.93. The van der Waals surface area contributed by atoms with Gasteiger partial charge in [-0.3, -0.25) is 0 Å². The van der Waals surface area contributed by atoms with E-state index in [4.69, 9.17) is 21.9 Å². The monoisotopic (exact) mass is 279 g/mol. The summed E-state index contributed by atoms with van der Waals surface area (Å²) in [7, 11) is 0. The Morgan fingerprint density at radius 3 is 2.89 bits per heavy atom. The summed E-state index contributed by atoms with van der Waals surface area (Å²) in [6.45, 7) is 1.74. The number of nitrogens with zero attached hydrogens (tertiary/aromatic N) is 3. The highest BCUT2D eigenvalue weighted by molar-refractivity contribution is 6.31. The zero-order chi connectivity index (χ0) is 14.3. The maximum absolute atomic E-state index is 11.6. The van der Waals surface area contributed by atoms with Gasteiger partial charge in [-0.05, 0) is 30.2 Å². The van der Waals surface area contributed by atoms with Crippen LogP contribution in [0.5, 0.6) is 0 Å². The summed E-state index contributed by atoms with van der Waals surface area (Å²) in [6.07, 6.45) is 0. The molecule has 1 rings (SSSR count). The minimum absolute atomic E-state index is 0.0308. The quantitative estimate of drug-likeness (QED) is 0.207. The zero-order valence-corrected chi connectivity index (χ0v) is 10.8. The Balaban J connectivity index is 3.27. The van der Waals surface area contributed by atoms with Crippen molar-refractivity contribution in [1.29, 1.82) is 0 Å². The van der Waals surface area contributed by atoms with E-state index in [1.807, 2.05) is 0 Å². The molecule has 0 saturated carbocycles. The molecule has 6 nitrogen and oxygen atoms in total. The van der Waals surface area contributed by atoms with Gasteiger partial charge < -0.3 is 4.74 Å². The number of halogens is 1. The molecule has 0 radical (unpaired) electrons. The minimum atomic E-state index is -0.776. The summed E-state index contributed by atoms with van der Waals surface area (Å²) in [5.74, 6) is 0.778. The lowest BCUT2D eigenvalue weighted by Crippen LogP contribution is -2.09. The van der Waals surface area contributed by atoms with Gasteiger partial charge in [0.15, 0.2) is 5.57 Å². The summed E-state index contributed by atoms with van der Waals surface area (Å²) in [4.78, 5) is 25.2. The topological polar surface area (TPSA) is 92.1 Å². The smallest absolute Gasteiger partial charge is 0.350 e. The highest BCUT2D eigenvalue weighted by Gasteiger charge is 2.18. The summed E-state index contributed by atoms with van der Waals surface area (Å²) < 4.78 is 4.76. The van der Waals surface area contributed by atoms with Crippen LogP contribution < -0.4 is 0 Å². The van der Waals surface area contributed by atoms with Crippen molar-refractivity contribution in [3.05, 3.63) is 44.8 Å². The van der Waals surface area contributed by atoms with Gasteiger partial charge in [-0.15, -0.1) is 0 Å². The number of esters is 1. The van der Waals surface area contributed by atoms with E-state index in [0.29, 0.717) is 16.1 Å². The third-order valence-corrected chi connectivity index (χ3v) is 2.46. The van der Waals surface area contributed by atoms with E-state index >= 15 is 0 Å². The van der Waals surface area contributed by atoms with E-state index in [2.05, 4.69) is 10.0 Å². The van der Waals surface area contributed by atoms with Gasteiger partial charge in [-0.1, -0.05) is 22.8 Å². The molecule has 0 fully saturated rings. The number of rotatable bonds is 5. The Kier molecular flexibility index (Phi) is 5.64. The fraction of sp³-hybridized carbons (Fsp3) is 0.250. The van der Waals surface area contributed by atoms with Crippen molar-refractivity contribution in [2.45, 2.75) is 13.5 Å². The number of azide groups is 1. The number of carbonyl (C=O) groups is 1. The van der Waals surface area contributed by atoms with Crippen molar-refractivity contribution in [2.75, 3.05) is 6.61 Å². The molecule has 19 heavy (non-hydrogen) atoms. The van der Waals surface area contributed by atoms with Crippen LogP contribution >= 0.6 is 11.6 Å². The lowest BCUT2D eigenvalue weighted by Gasteiger charge is -2.08. The van der Waals surface area contributed by atoms with Crippen LogP contribution in [0.15, 0.2) is 23.3 Å². The molecule has 0 aliphatic carbocycles. The van der Waals surface area contributed by atoms with Crippen molar-refractivity contribution in [1.82, 2.24) is 0 Å². The number of ether oxygens (including phenoxy) is 1. The van der Waals surface area contributed by atoms with E-state index in [1.54, 1.807) is 12.9 Å². The van der Waals surface area contributed by atoms with Crippen LogP contribution in [0.1, 0.15) is 18.1 Å². The second kappa shape index (κ2) is 7.24. The molecule has 0 saturated heterocycles. The largest absolute Gasteiger partial charge is 0.462 e. The van der Waals surface area contributed by atoms with Gasteiger partial charge in [0, 0.05) is 15.5 Å². The summed E-state index contributed by atoms with van der Waals surface area (Å²) in [6, 6.07) is 4.52. The SMILES string of the molecule is CCOC(=O)C(=C=O)c1ccc(Cl)cc1CN=[N+]=[N-]. The first kappa shape index (κ1) is 14.8. The maximum atomic E-state index is 11.6. The average Bonchev–Trinajstić information content (AvgIpc) is 2.39. The Labute approximate surface area is 114 Å². The minimum Gasteiger partial charge on any atom is -0.462 e. The molecule has 0 bridgehead atoms. The van der Waals surface area contributed by atoms with Crippen molar-refractivity contribution < 1.29 is 14.3 Å². The Hall–Kier alpha value is -2.26. The van der Waals surface area contributed by atoms with Crippen LogP contribution in [-0.2, 0) is 20.9 Å². The first-order valence-corrected chi connectivity index (χ1v) is 5.73. The summed E-state index contributed by atoms with van der Waals surface area (Å²) >= 11 is 5.83. The van der Waals surface area contributed by atoms with Gasteiger partial charge in [0.1, 0.15) is 5.94 Å². The van der Waals surface area contributed by atoms with Crippen molar-refractivity contribution in [2.24, 2.45) is 5.11 Å². The molecule has 98 valence electrons. The third kappa shape index (κ3) is 3.86. The van der Waals surface area contributed by atoms with Crippen LogP contribution in [0.4, 0.5) is 0 Å². The molecule has 0 aliphatic rings. The molecule has 0 N–H and O–H groups in total. The lowest BCUT2D eigenvalue weighted by atomic mass is 10.0. The first-order valence-electron chi connectivity index (χ1n) is 5.35. The van der Waals surface area contributed by atoms with E-state index in [1.165, 1.54) is 18.2 Å². The lowest BCUT2D eigenvalue weighted by molar-refractivity contribution is -0.135. The fourth-order valence-corrected chi connectivity index (χ4v) is 1.65. The standard InChI is InChI=1S/C12H10ClN3O3/c1-2-19-12(18)11(7-17)10-4-3-9(13)5-8(10)6-15-16-14/h3-5H,2,6H2,1H3. The molecule has 0 unspecified atom stereocenters. The molecule has 0 aromatic heterocycles. The maximum Gasteiger partial charge on any atom is 0.350 e. The molecular formula is C12H10ClN3O3. The second-order valence-electron chi connectivity index (χ2n) is 3.39. The van der Waals surface area contributed by atoms with Crippen molar-refractivity contribution >= 4 is 29.1 Å². The Bertz CT molecular complexity index is 588. The second-order valence-corrected chi connectivity index (χ2v) is 3.82. The van der Waals surface area contributed by atoms with Crippen molar-refractivity contribution in [3.8, 4) is 0 Å². The fourth-order valence-electron chi connectivity index (χ4n) is 1.45. The summed E-state index contributed by atoms with van der Waals surface area (Å²) in [5, 5.41) is 3.80. The van der Waals surface area contributed by atoms with Crippen molar-refractivity contribution in [3.63, 3.8) is 0 Å². The van der Waals surface area contributed by atoms with Crippen LogP contribution in [0.2, 0.25) is 5.02 Å². The normalized spacial score (nSPS) is 9.16. The molecular weight excluding hydrogens is 270 g/mol. The zero-order valence-electron chi connectivity index (χ0n) is 10.1. The van der Waals surface area contributed by atoms with E-state index in [-0.39, 0.29) is 18.7 Å². The number of hydrogen-bond acceptors (Lipinski definition) is 4. The molecule has 0 heterocycles. The highest BCUT2D eigenvalue weighted by atomic mass is 35.5. The number of carbonyl (C=O) groups excluding carboxylic acids is 2. The molecule has 0 amide bonds. The molecule has 0 spiro atoms. The van der Waals surface area contributed by atoms with Crippen LogP contribution in [-0.4, -0.2) is 18.5 Å². The molecule has 7 heteroatoms. The van der Waals surface area contributed by atoms with Crippen LogP contribution in [0.25, 0.3) is 16.0 Å². The first-order chi connectivity index (χ1) is 9.13. The highest BCUT2D eigenvalue weighted by Crippen LogP contribution is 2.23. The van der Waals surface area contributed by atoms with Gasteiger partial charge in [0.25, 0.3) is 0 Å². The van der Waals surface area contributed by atoms with E-state index < -0.39 is 5.97 Å². The predicted molar refractivity (Wildman–Crippen MR) is 70.0 cm³/mol. The van der Waals surface area contributed by atoms with Gasteiger partial charge in [-0.2, -0.15) is 0 Å². The Morgan fingerprint density at radius 1 is 1.58 bits per heavy atom. The third-order valence-electron chi connectivity index (χ3n) is 2.22. The molecule has 0 atom stereocenters. The summed E-state index contributed by atoms with van der Waals surface area (Å²) in [5.41, 5.74) is 8.83. The number of hydrogen-bond donors (Lipinski definition) is 0. The molecule has 0 aliphatic heterocycles. The van der Waals surface area contributed by atoms with Crippen LogP contribution in [0, 0.1) is 0 Å². The van der Waals surface area contributed by atoms with Crippen LogP contribution in [0.3, 0.4) is 0 Å². The van der Waals surface area contributed by atoms with E-state index in [0.717, 1.165) is 0 Å². The Morgan fingerprint density at radius 2 is 2.32 bits per heavy atom. The molecule has 1 aromatic carbocycles. The number of benzene rings is 1. The van der Waals surface area contributed by atoms with Gasteiger partial charge in [0.2, 0.25) is 0 Å². The van der Waals surface area contributed by atoms with E-state index in [9.17, 15) is 9.59 Å². The molecule has 1 aromatic rings. The van der Waals surface area contributed by atoms with Gasteiger partial charge in [-0.25, -0.2) is 9.59 Å². The van der Waals surface area contributed by atoms with Gasteiger partial charge in [0.05, 0.1) is 13.2 Å². The van der Waals surface area contributed by atoms with Gasteiger partial charge >= 0.3 is 5.97 Å². The average molecular weight is 280 g/mol.